The fraction of sp³-hybridized carbons (Fsp3) is 0.278. The molecule has 0 saturated heterocycles. The number of carboxylic acid groups (broad SMARTS) is 1. The Balaban J connectivity index is 2.08. The Bertz CT molecular complexity index is 621. The van der Waals surface area contributed by atoms with Crippen LogP contribution in [-0.4, -0.2) is 16.3 Å². The summed E-state index contributed by atoms with van der Waals surface area (Å²) < 4.78 is 0. The van der Waals surface area contributed by atoms with Gasteiger partial charge in [0.2, 0.25) is 0 Å². The number of thioether (sulfide) groups is 1. The van der Waals surface area contributed by atoms with Crippen molar-refractivity contribution >= 4 is 29.3 Å². The Labute approximate surface area is 140 Å². The molecule has 1 N–H and O–H groups in total. The molecule has 0 aliphatic heterocycles. The van der Waals surface area contributed by atoms with Crippen LogP contribution in [0, 0.1) is 0 Å². The van der Waals surface area contributed by atoms with Crippen LogP contribution in [0.3, 0.4) is 0 Å². The van der Waals surface area contributed by atoms with Crippen LogP contribution in [0.1, 0.15) is 30.9 Å². The molecule has 0 bridgehead atoms. The Morgan fingerprint density at radius 3 is 2.18 bits per heavy atom. The van der Waals surface area contributed by atoms with Gasteiger partial charge in [0.15, 0.2) is 0 Å². The van der Waals surface area contributed by atoms with E-state index in [1.54, 1.807) is 12.1 Å². The highest BCUT2D eigenvalue weighted by molar-refractivity contribution is 8.00. The molecule has 0 heterocycles. The molecule has 0 fully saturated rings. The van der Waals surface area contributed by atoms with Crippen molar-refractivity contribution in [3.63, 3.8) is 0 Å². The number of hydrogen-bond acceptors (Lipinski definition) is 2. The molecule has 116 valence electrons. The first kappa shape index (κ1) is 16.9. The highest BCUT2D eigenvalue weighted by Crippen LogP contribution is 2.28. The maximum atomic E-state index is 11.5. The molecular formula is C18H19ClO2S. The highest BCUT2D eigenvalue weighted by atomic mass is 35.5. The standard InChI is InChI=1S/C18H19ClO2S/c1-12(2)14-5-9-16(10-6-14)22-17(18(20)21)11-13-3-7-15(19)8-4-13/h3-10,12,17H,11H2,1-2H3,(H,20,21). The van der Waals surface area contributed by atoms with Gasteiger partial charge in [-0.05, 0) is 47.7 Å². The second-order valence-corrected chi connectivity index (χ2v) is 7.21. The molecule has 2 aromatic carbocycles. The van der Waals surface area contributed by atoms with E-state index in [2.05, 4.69) is 26.0 Å². The lowest BCUT2D eigenvalue weighted by Crippen LogP contribution is -2.19. The Morgan fingerprint density at radius 1 is 1.09 bits per heavy atom. The molecule has 0 aliphatic rings. The summed E-state index contributed by atoms with van der Waals surface area (Å²) in [6.45, 7) is 4.28. The molecule has 2 rings (SSSR count). The summed E-state index contributed by atoms with van der Waals surface area (Å²) in [4.78, 5) is 12.5. The normalized spacial score (nSPS) is 12.4. The summed E-state index contributed by atoms with van der Waals surface area (Å²) in [5, 5.41) is 9.60. The number of aliphatic carboxylic acids is 1. The van der Waals surface area contributed by atoms with Crippen LogP contribution < -0.4 is 0 Å². The van der Waals surface area contributed by atoms with E-state index in [0.717, 1.165) is 10.5 Å². The lowest BCUT2D eigenvalue weighted by atomic mass is 10.0. The highest BCUT2D eigenvalue weighted by Gasteiger charge is 2.19. The van der Waals surface area contributed by atoms with Crippen molar-refractivity contribution < 1.29 is 9.90 Å². The van der Waals surface area contributed by atoms with Crippen LogP contribution >= 0.6 is 23.4 Å². The number of rotatable bonds is 6. The fourth-order valence-corrected chi connectivity index (χ4v) is 3.23. The van der Waals surface area contributed by atoms with Gasteiger partial charge >= 0.3 is 5.97 Å². The van der Waals surface area contributed by atoms with E-state index in [4.69, 9.17) is 11.6 Å². The summed E-state index contributed by atoms with van der Waals surface area (Å²) in [5.41, 5.74) is 2.23. The van der Waals surface area contributed by atoms with E-state index in [0.29, 0.717) is 17.4 Å². The summed E-state index contributed by atoms with van der Waals surface area (Å²) in [6.07, 6.45) is 0.475. The molecule has 1 unspecified atom stereocenters. The van der Waals surface area contributed by atoms with Crippen LogP contribution in [0.25, 0.3) is 0 Å². The number of carbonyl (C=O) groups is 1. The molecule has 0 aromatic heterocycles. The van der Waals surface area contributed by atoms with Gasteiger partial charge in [-0.2, -0.15) is 0 Å². The fourth-order valence-electron chi connectivity index (χ4n) is 2.11. The predicted molar refractivity (Wildman–Crippen MR) is 93.0 cm³/mol. The van der Waals surface area contributed by atoms with Crippen molar-refractivity contribution in [2.75, 3.05) is 0 Å². The van der Waals surface area contributed by atoms with E-state index in [1.807, 2.05) is 24.3 Å². The molecule has 0 radical (unpaired) electrons. The smallest absolute Gasteiger partial charge is 0.317 e. The van der Waals surface area contributed by atoms with Gasteiger partial charge in [-0.1, -0.05) is 49.7 Å². The second kappa shape index (κ2) is 7.70. The van der Waals surface area contributed by atoms with Crippen molar-refractivity contribution in [1.29, 1.82) is 0 Å². The van der Waals surface area contributed by atoms with Gasteiger partial charge in [0.25, 0.3) is 0 Å². The average Bonchev–Trinajstić information content (AvgIpc) is 2.49. The van der Waals surface area contributed by atoms with Gasteiger partial charge in [-0.3, -0.25) is 4.79 Å². The lowest BCUT2D eigenvalue weighted by molar-refractivity contribution is -0.136. The molecule has 4 heteroatoms. The number of halogens is 1. The van der Waals surface area contributed by atoms with E-state index in [9.17, 15) is 9.90 Å². The zero-order chi connectivity index (χ0) is 16.1. The van der Waals surface area contributed by atoms with Crippen LogP contribution in [0.15, 0.2) is 53.4 Å². The Kier molecular flexibility index (Phi) is 5.92. The van der Waals surface area contributed by atoms with Crippen LogP contribution in [0.5, 0.6) is 0 Å². The van der Waals surface area contributed by atoms with E-state index < -0.39 is 11.2 Å². The van der Waals surface area contributed by atoms with Gasteiger partial charge in [0.1, 0.15) is 5.25 Å². The summed E-state index contributed by atoms with van der Waals surface area (Å²) in [5.74, 6) is -0.323. The number of carboxylic acids is 1. The van der Waals surface area contributed by atoms with Gasteiger partial charge in [0, 0.05) is 9.92 Å². The minimum Gasteiger partial charge on any atom is -0.480 e. The molecule has 0 aliphatic carbocycles. The van der Waals surface area contributed by atoms with Crippen molar-refractivity contribution in [3.8, 4) is 0 Å². The molecule has 0 amide bonds. The minimum atomic E-state index is -0.798. The molecular weight excluding hydrogens is 316 g/mol. The minimum absolute atomic E-state index is 0.475. The van der Waals surface area contributed by atoms with Gasteiger partial charge in [-0.15, -0.1) is 11.8 Å². The largest absolute Gasteiger partial charge is 0.480 e. The Morgan fingerprint density at radius 2 is 1.68 bits per heavy atom. The van der Waals surface area contributed by atoms with Crippen LogP contribution in [0.4, 0.5) is 0 Å². The molecule has 22 heavy (non-hydrogen) atoms. The number of hydrogen-bond donors (Lipinski definition) is 1. The molecule has 2 aromatic rings. The molecule has 0 spiro atoms. The van der Waals surface area contributed by atoms with Crippen molar-refractivity contribution in [3.05, 3.63) is 64.7 Å². The maximum Gasteiger partial charge on any atom is 0.317 e. The van der Waals surface area contributed by atoms with Crippen LogP contribution in [-0.2, 0) is 11.2 Å². The zero-order valence-electron chi connectivity index (χ0n) is 12.6. The molecule has 2 nitrogen and oxygen atoms in total. The average molecular weight is 335 g/mol. The first-order chi connectivity index (χ1) is 10.5. The zero-order valence-corrected chi connectivity index (χ0v) is 14.2. The van der Waals surface area contributed by atoms with Crippen molar-refractivity contribution in [1.82, 2.24) is 0 Å². The third-order valence-electron chi connectivity index (χ3n) is 3.43. The van der Waals surface area contributed by atoms with E-state index in [-0.39, 0.29) is 0 Å². The monoisotopic (exact) mass is 334 g/mol. The quantitative estimate of drug-likeness (QED) is 0.733. The van der Waals surface area contributed by atoms with E-state index >= 15 is 0 Å². The Hall–Kier alpha value is -1.45. The topological polar surface area (TPSA) is 37.3 Å². The number of benzene rings is 2. The predicted octanol–water partition coefficient (Wildman–Crippen LogP) is 5.25. The van der Waals surface area contributed by atoms with Crippen LogP contribution in [0.2, 0.25) is 5.02 Å². The van der Waals surface area contributed by atoms with E-state index in [1.165, 1.54) is 17.3 Å². The lowest BCUT2D eigenvalue weighted by Gasteiger charge is -2.13. The first-order valence-electron chi connectivity index (χ1n) is 7.19. The van der Waals surface area contributed by atoms with Crippen molar-refractivity contribution in [2.45, 2.75) is 36.3 Å². The summed E-state index contributed by atoms with van der Waals surface area (Å²) in [7, 11) is 0. The molecule has 0 saturated carbocycles. The molecule has 1 atom stereocenters. The SMILES string of the molecule is CC(C)c1ccc(SC(Cc2ccc(Cl)cc2)C(=O)O)cc1. The second-order valence-electron chi connectivity index (χ2n) is 5.50. The van der Waals surface area contributed by atoms with Gasteiger partial charge in [0.05, 0.1) is 0 Å². The summed E-state index contributed by atoms with van der Waals surface area (Å²) >= 11 is 7.24. The maximum absolute atomic E-state index is 11.5. The first-order valence-corrected chi connectivity index (χ1v) is 8.45. The summed E-state index contributed by atoms with van der Waals surface area (Å²) in [6, 6.07) is 15.5. The van der Waals surface area contributed by atoms with Gasteiger partial charge < -0.3 is 5.11 Å². The van der Waals surface area contributed by atoms with Crippen molar-refractivity contribution in [2.24, 2.45) is 0 Å². The third kappa shape index (κ3) is 4.79. The van der Waals surface area contributed by atoms with Gasteiger partial charge in [-0.25, -0.2) is 0 Å². The third-order valence-corrected chi connectivity index (χ3v) is 4.88.